The first kappa shape index (κ1) is 12.4. The van der Waals surface area contributed by atoms with Crippen LogP contribution in [0.3, 0.4) is 0 Å². The van der Waals surface area contributed by atoms with Crippen molar-refractivity contribution in [2.45, 2.75) is 6.92 Å². The van der Waals surface area contributed by atoms with Crippen LogP contribution in [0.25, 0.3) is 11.0 Å². The molecule has 0 saturated heterocycles. The van der Waals surface area contributed by atoms with Crippen LogP contribution in [0.5, 0.6) is 0 Å². The molecule has 6 heteroatoms. The lowest BCUT2D eigenvalue weighted by molar-refractivity contribution is 0.595. The van der Waals surface area contributed by atoms with E-state index in [4.69, 9.17) is 5.73 Å². The molecule has 0 spiro atoms. The SMILES string of the molecule is Cc1cc(F)c(Nc2nc3ccc(N)cc3[nH]2)cc1F. The highest BCUT2D eigenvalue weighted by molar-refractivity contribution is 5.81. The molecule has 2 aromatic carbocycles. The fourth-order valence-corrected chi connectivity index (χ4v) is 1.96. The van der Waals surface area contributed by atoms with Crippen LogP contribution in [0.4, 0.5) is 26.1 Å². The molecule has 0 radical (unpaired) electrons. The third-order valence-electron chi connectivity index (χ3n) is 3.01. The highest BCUT2D eigenvalue weighted by Crippen LogP contribution is 2.24. The molecule has 4 nitrogen and oxygen atoms in total. The first-order chi connectivity index (χ1) is 9.52. The molecule has 1 heterocycles. The molecular formula is C14H12F2N4. The summed E-state index contributed by atoms with van der Waals surface area (Å²) in [5.74, 6) is -0.689. The Labute approximate surface area is 113 Å². The number of halogens is 2. The minimum Gasteiger partial charge on any atom is -0.399 e. The first-order valence-electron chi connectivity index (χ1n) is 6.01. The van der Waals surface area contributed by atoms with E-state index >= 15 is 0 Å². The Balaban J connectivity index is 1.99. The number of aromatic nitrogens is 2. The summed E-state index contributed by atoms with van der Waals surface area (Å²) in [6, 6.07) is 7.43. The van der Waals surface area contributed by atoms with Crippen molar-refractivity contribution in [3.8, 4) is 0 Å². The third kappa shape index (κ3) is 2.16. The van der Waals surface area contributed by atoms with Crippen LogP contribution in [0, 0.1) is 18.6 Å². The zero-order chi connectivity index (χ0) is 14.3. The van der Waals surface area contributed by atoms with E-state index in [-0.39, 0.29) is 11.3 Å². The average molecular weight is 274 g/mol. The Hall–Kier alpha value is -2.63. The van der Waals surface area contributed by atoms with Gasteiger partial charge in [-0.05, 0) is 36.8 Å². The number of fused-ring (bicyclic) bond motifs is 1. The van der Waals surface area contributed by atoms with Gasteiger partial charge in [-0.25, -0.2) is 13.8 Å². The van der Waals surface area contributed by atoms with Gasteiger partial charge in [0.25, 0.3) is 0 Å². The monoisotopic (exact) mass is 274 g/mol. The predicted octanol–water partition coefficient (Wildman–Crippen LogP) is 3.48. The van der Waals surface area contributed by atoms with Crippen LogP contribution < -0.4 is 11.1 Å². The minimum atomic E-state index is -0.538. The minimum absolute atomic E-state index is 0.0279. The largest absolute Gasteiger partial charge is 0.399 e. The number of nitrogens with one attached hydrogen (secondary N) is 2. The van der Waals surface area contributed by atoms with Gasteiger partial charge >= 0.3 is 0 Å². The summed E-state index contributed by atoms with van der Waals surface area (Å²) in [6.45, 7) is 1.51. The fraction of sp³-hybridized carbons (Fsp3) is 0.0714. The molecule has 4 N–H and O–H groups in total. The molecule has 3 aromatic rings. The normalized spacial score (nSPS) is 10.9. The number of nitrogen functional groups attached to an aromatic ring is 1. The second-order valence-corrected chi connectivity index (χ2v) is 4.57. The molecule has 102 valence electrons. The summed E-state index contributed by atoms with van der Waals surface area (Å²) >= 11 is 0. The molecule has 0 aliphatic carbocycles. The number of hydrogen-bond acceptors (Lipinski definition) is 3. The van der Waals surface area contributed by atoms with Crippen molar-refractivity contribution in [1.82, 2.24) is 9.97 Å². The second-order valence-electron chi connectivity index (χ2n) is 4.57. The fourth-order valence-electron chi connectivity index (χ4n) is 1.96. The van der Waals surface area contributed by atoms with E-state index in [1.807, 2.05) is 0 Å². The van der Waals surface area contributed by atoms with Gasteiger partial charge in [0.15, 0.2) is 0 Å². The molecule has 20 heavy (non-hydrogen) atoms. The van der Waals surface area contributed by atoms with Crippen LogP contribution in [0.1, 0.15) is 5.56 Å². The van der Waals surface area contributed by atoms with Gasteiger partial charge in [-0.2, -0.15) is 0 Å². The molecule has 0 amide bonds. The molecule has 1 aromatic heterocycles. The number of H-pyrrole nitrogens is 1. The predicted molar refractivity (Wildman–Crippen MR) is 74.9 cm³/mol. The standard InChI is InChI=1S/C14H12F2N4/c1-7-4-10(16)12(6-9(7)15)19-14-18-11-3-2-8(17)5-13(11)20-14/h2-6H,17H2,1H3,(H2,18,19,20). The highest BCUT2D eigenvalue weighted by Gasteiger charge is 2.09. The summed E-state index contributed by atoms with van der Waals surface area (Å²) in [4.78, 5) is 7.19. The van der Waals surface area contributed by atoms with Gasteiger partial charge in [0.05, 0.1) is 16.7 Å². The number of aryl methyl sites for hydroxylation is 1. The van der Waals surface area contributed by atoms with E-state index < -0.39 is 11.6 Å². The summed E-state index contributed by atoms with van der Waals surface area (Å²) in [6.07, 6.45) is 0. The number of hydrogen-bond donors (Lipinski definition) is 3. The number of benzene rings is 2. The van der Waals surface area contributed by atoms with Crippen LogP contribution in [0.2, 0.25) is 0 Å². The molecular weight excluding hydrogens is 262 g/mol. The Morgan fingerprint density at radius 3 is 2.75 bits per heavy atom. The second kappa shape index (κ2) is 4.48. The van der Waals surface area contributed by atoms with Crippen LogP contribution in [0.15, 0.2) is 30.3 Å². The van der Waals surface area contributed by atoms with Gasteiger partial charge in [-0.3, -0.25) is 0 Å². The molecule has 0 bridgehead atoms. The van der Waals surface area contributed by atoms with Gasteiger partial charge < -0.3 is 16.0 Å². The molecule has 3 rings (SSSR count). The number of nitrogens with two attached hydrogens (primary N) is 1. The summed E-state index contributed by atoms with van der Waals surface area (Å²) in [5, 5.41) is 2.73. The van der Waals surface area contributed by atoms with E-state index in [0.29, 0.717) is 17.2 Å². The van der Waals surface area contributed by atoms with E-state index in [1.165, 1.54) is 6.92 Å². The topological polar surface area (TPSA) is 66.7 Å². The Morgan fingerprint density at radius 1 is 1.15 bits per heavy atom. The lowest BCUT2D eigenvalue weighted by Crippen LogP contribution is -1.97. The summed E-state index contributed by atoms with van der Waals surface area (Å²) < 4.78 is 27.2. The Kier molecular flexibility index (Phi) is 2.78. The number of rotatable bonds is 2. The first-order valence-corrected chi connectivity index (χ1v) is 6.01. The number of nitrogens with zero attached hydrogens (tertiary/aromatic N) is 1. The zero-order valence-corrected chi connectivity index (χ0v) is 10.7. The maximum Gasteiger partial charge on any atom is 0.205 e. The van der Waals surface area contributed by atoms with Crippen molar-refractivity contribution in [2.75, 3.05) is 11.1 Å². The number of aromatic amines is 1. The molecule has 0 aliphatic rings. The lowest BCUT2D eigenvalue weighted by atomic mass is 10.2. The van der Waals surface area contributed by atoms with Gasteiger partial charge in [-0.1, -0.05) is 0 Å². The van der Waals surface area contributed by atoms with Crippen molar-refractivity contribution < 1.29 is 8.78 Å². The van der Waals surface area contributed by atoms with Crippen molar-refractivity contribution in [3.63, 3.8) is 0 Å². The Morgan fingerprint density at radius 2 is 1.95 bits per heavy atom. The quantitative estimate of drug-likeness (QED) is 0.627. The van der Waals surface area contributed by atoms with Gasteiger partial charge in [0.1, 0.15) is 11.6 Å². The smallest absolute Gasteiger partial charge is 0.205 e. The Bertz CT molecular complexity index is 795. The van der Waals surface area contributed by atoms with Crippen LogP contribution in [-0.4, -0.2) is 9.97 Å². The maximum absolute atomic E-state index is 13.7. The van der Waals surface area contributed by atoms with Crippen LogP contribution in [-0.2, 0) is 0 Å². The summed E-state index contributed by atoms with van der Waals surface area (Å²) in [7, 11) is 0. The van der Waals surface area contributed by atoms with Crippen molar-refractivity contribution >= 4 is 28.4 Å². The molecule has 0 atom stereocenters. The summed E-state index contributed by atoms with van der Waals surface area (Å²) in [5.41, 5.74) is 7.96. The van der Waals surface area contributed by atoms with Gasteiger partial charge in [-0.15, -0.1) is 0 Å². The van der Waals surface area contributed by atoms with E-state index in [2.05, 4.69) is 15.3 Å². The number of imidazole rings is 1. The van der Waals surface area contributed by atoms with E-state index in [0.717, 1.165) is 17.6 Å². The average Bonchev–Trinajstić information content (AvgIpc) is 2.77. The molecule has 0 aliphatic heterocycles. The van der Waals surface area contributed by atoms with Crippen molar-refractivity contribution in [1.29, 1.82) is 0 Å². The van der Waals surface area contributed by atoms with Crippen LogP contribution >= 0.6 is 0 Å². The van der Waals surface area contributed by atoms with Gasteiger partial charge in [0, 0.05) is 11.8 Å². The maximum atomic E-state index is 13.7. The third-order valence-corrected chi connectivity index (χ3v) is 3.01. The number of anilines is 3. The molecule has 0 unspecified atom stereocenters. The van der Waals surface area contributed by atoms with Crippen molar-refractivity contribution in [2.24, 2.45) is 0 Å². The molecule has 0 fully saturated rings. The highest BCUT2D eigenvalue weighted by atomic mass is 19.1. The zero-order valence-electron chi connectivity index (χ0n) is 10.7. The molecule has 0 saturated carbocycles. The van der Waals surface area contributed by atoms with Gasteiger partial charge in [0.2, 0.25) is 5.95 Å². The van der Waals surface area contributed by atoms with E-state index in [1.54, 1.807) is 18.2 Å². The lowest BCUT2D eigenvalue weighted by Gasteiger charge is -2.06. The van der Waals surface area contributed by atoms with Crippen molar-refractivity contribution in [3.05, 3.63) is 47.5 Å². The van der Waals surface area contributed by atoms with E-state index in [9.17, 15) is 8.78 Å².